The number of rotatable bonds is 8. The normalized spacial score (nSPS) is 11.8. The van der Waals surface area contributed by atoms with Crippen molar-refractivity contribution in [1.29, 1.82) is 0 Å². The molecule has 6 heteroatoms. The molecule has 0 amide bonds. The van der Waals surface area contributed by atoms with Crippen LogP contribution in [0.25, 0.3) is 53.4 Å². The zero-order valence-corrected chi connectivity index (χ0v) is 28.6. The van der Waals surface area contributed by atoms with Crippen molar-refractivity contribution in [3.8, 4) is 11.3 Å². The van der Waals surface area contributed by atoms with Crippen LogP contribution >= 0.6 is 11.3 Å². The number of pyridine rings is 1. The summed E-state index contributed by atoms with van der Waals surface area (Å²) in [7, 11) is 0. The van der Waals surface area contributed by atoms with Crippen LogP contribution in [-0.2, 0) is 20.1 Å². The van der Waals surface area contributed by atoms with E-state index in [1.54, 1.807) is 6.08 Å². The Bertz CT molecular complexity index is 1890. The minimum atomic E-state index is 0. The van der Waals surface area contributed by atoms with Gasteiger partial charge >= 0.3 is 5.78 Å². The molecule has 3 aromatic heterocycles. The largest absolute Gasteiger partial charge is 0.512 e. The third-order valence-electron chi connectivity index (χ3n) is 8.28. The van der Waals surface area contributed by atoms with Gasteiger partial charge < -0.3 is 14.5 Å². The maximum absolute atomic E-state index is 9.80. The smallest absolute Gasteiger partial charge is 0.322 e. The summed E-state index contributed by atoms with van der Waals surface area (Å²) in [4.78, 5) is 14.5. The first-order valence-corrected chi connectivity index (χ1v) is 15.8. The van der Waals surface area contributed by atoms with E-state index in [4.69, 9.17) is 9.40 Å². The number of carbonyl (C=O) groups excluding carboxylic acids is 1. The Balaban J connectivity index is 0.000000230. The molecular formula is C37H39IrNO3S. The number of hydrogen-bond acceptors (Lipinski definition) is 4. The summed E-state index contributed by atoms with van der Waals surface area (Å²) in [5.74, 6) is 1.01. The van der Waals surface area contributed by atoms with Crippen molar-refractivity contribution in [3.63, 3.8) is 0 Å². The zero-order chi connectivity index (χ0) is 29.8. The molecular weight excluding hydrogens is 731 g/mol. The van der Waals surface area contributed by atoms with Gasteiger partial charge in [0.25, 0.3) is 0 Å². The Morgan fingerprint density at radius 1 is 0.884 bits per heavy atom. The molecule has 0 fully saturated rings. The summed E-state index contributed by atoms with van der Waals surface area (Å²) in [6.07, 6.45) is 7.09. The van der Waals surface area contributed by atoms with Crippen LogP contribution in [0.15, 0.2) is 83.1 Å². The van der Waals surface area contributed by atoms with Gasteiger partial charge in [-0.2, -0.15) is 0 Å². The van der Waals surface area contributed by atoms with Gasteiger partial charge in [-0.3, -0.25) is 4.79 Å². The number of aliphatic hydroxyl groups excluding tert-OH is 1. The van der Waals surface area contributed by atoms with Crippen molar-refractivity contribution < 1.29 is 34.4 Å². The van der Waals surface area contributed by atoms with Gasteiger partial charge in [0.1, 0.15) is 11.3 Å². The van der Waals surface area contributed by atoms with E-state index in [-0.39, 0.29) is 31.9 Å². The molecule has 4 nitrogen and oxygen atoms in total. The number of thiophene rings is 1. The van der Waals surface area contributed by atoms with E-state index in [1.807, 2.05) is 69.5 Å². The Hall–Kier alpha value is -3.31. The van der Waals surface area contributed by atoms with Crippen LogP contribution in [-0.4, -0.2) is 20.7 Å². The molecule has 0 bridgehead atoms. The van der Waals surface area contributed by atoms with Crippen LogP contribution in [0.2, 0.25) is 0 Å². The number of hydrogen-bond donors (Lipinski definition) is 1. The molecule has 0 unspecified atom stereocenters. The van der Waals surface area contributed by atoms with Crippen molar-refractivity contribution in [2.24, 2.45) is 11.8 Å². The number of nitrogens with zero attached hydrogens (tertiary/aromatic N) is 1. The first-order valence-electron chi connectivity index (χ1n) is 15.0. The summed E-state index contributed by atoms with van der Waals surface area (Å²) in [6.45, 7) is 10.4. The summed E-state index contributed by atoms with van der Waals surface area (Å²) >= 11 is 1.81. The Kier molecular flexibility index (Phi) is 10.9. The number of ketones is 1. The summed E-state index contributed by atoms with van der Waals surface area (Å²) < 4.78 is 8.59. The Morgan fingerprint density at radius 3 is 2.28 bits per heavy atom. The number of allylic oxidation sites excluding steroid dienone is 2. The molecule has 0 spiro atoms. The molecule has 43 heavy (non-hydrogen) atoms. The average molecular weight is 770 g/mol. The van der Waals surface area contributed by atoms with Gasteiger partial charge in [-0.1, -0.05) is 75.5 Å². The molecule has 6 aromatic rings. The molecule has 0 saturated carbocycles. The first-order chi connectivity index (χ1) is 20.4. The molecule has 6 rings (SSSR count). The van der Waals surface area contributed by atoms with Crippen molar-refractivity contribution in [3.05, 3.63) is 90.3 Å². The number of fused-ring (bicyclic) bond motifs is 6. The van der Waals surface area contributed by atoms with E-state index >= 15 is 0 Å². The molecule has 0 saturated heterocycles. The van der Waals surface area contributed by atoms with Crippen molar-refractivity contribution in [2.75, 3.05) is 0 Å². The topological polar surface area (TPSA) is 67.7 Å². The number of benzene rings is 3. The number of aliphatic hydroxyl groups is 1. The second kappa shape index (κ2) is 14.4. The number of para-hydroxylation sites is 1. The van der Waals surface area contributed by atoms with Crippen LogP contribution in [0, 0.1) is 24.8 Å². The summed E-state index contributed by atoms with van der Waals surface area (Å²) in [5.41, 5.74) is 5.02. The van der Waals surface area contributed by atoms with E-state index in [2.05, 4.69) is 49.4 Å². The maximum atomic E-state index is 9.80. The number of furan rings is 1. The molecule has 0 atom stereocenters. The Labute approximate surface area is 271 Å². The fraction of sp³-hybridized carbons (Fsp3) is 0.297. The van der Waals surface area contributed by atoms with E-state index in [9.17, 15) is 9.90 Å². The van der Waals surface area contributed by atoms with Crippen molar-refractivity contribution >= 4 is 59.2 Å². The fourth-order valence-corrected chi connectivity index (χ4v) is 6.93. The molecule has 1 radical (unpaired) electrons. The van der Waals surface area contributed by atoms with E-state index in [1.165, 1.54) is 25.7 Å². The van der Waals surface area contributed by atoms with Crippen molar-refractivity contribution in [1.82, 2.24) is 4.98 Å². The van der Waals surface area contributed by atoms with Crippen LogP contribution in [0.5, 0.6) is 0 Å². The summed E-state index contributed by atoms with van der Waals surface area (Å²) in [5, 5.41) is 14.6. The van der Waals surface area contributed by atoms with Crippen LogP contribution in [0.3, 0.4) is 0 Å². The quantitative estimate of drug-likeness (QED) is 0.0725. The third-order valence-corrected chi connectivity index (χ3v) is 9.64. The van der Waals surface area contributed by atoms with Crippen LogP contribution in [0.4, 0.5) is 0 Å². The van der Waals surface area contributed by atoms with E-state index in [0.717, 1.165) is 58.9 Å². The number of aromatic nitrogens is 1. The fourth-order valence-electron chi connectivity index (χ4n) is 5.66. The standard InChI is InChI=1S/C24H14NOS.C13H24O2.Ir/c1-14-5-4-7-18-19-11-12-25-22(24(19)27-23(14)18)15-9-10-17-16-6-2-3-8-20(16)26-21(17)13-15;1-5-10(6-2)12(14)9-13(15)11(7-3)8-4;/h2-8,10-13H,1H3;9-11,14H,5-8H2,1-4H3;/q-1;;/p+1/b;12-9-;. The molecule has 0 aliphatic carbocycles. The third kappa shape index (κ3) is 6.62. The van der Waals surface area contributed by atoms with E-state index < -0.39 is 0 Å². The molecule has 3 aromatic carbocycles. The van der Waals surface area contributed by atoms with Gasteiger partial charge in [-0.25, -0.2) is 0 Å². The van der Waals surface area contributed by atoms with Gasteiger partial charge in [-0.05, 0) is 66.5 Å². The van der Waals surface area contributed by atoms with Crippen LogP contribution < -0.4 is 0 Å². The van der Waals surface area contributed by atoms with Gasteiger partial charge in [0.2, 0.25) is 0 Å². The van der Waals surface area contributed by atoms with Gasteiger partial charge in [0, 0.05) is 47.3 Å². The monoisotopic (exact) mass is 770 g/mol. The second-order valence-electron chi connectivity index (χ2n) is 10.8. The van der Waals surface area contributed by atoms with Gasteiger partial charge in [0.05, 0.1) is 17.6 Å². The van der Waals surface area contributed by atoms with Crippen LogP contribution in [0.1, 0.15) is 58.9 Å². The SMILES string of the molecule is CCC(CC)C(=[OH+])/C=C(\O)C(CC)CC.Cc1cccc2c1sc1c(-c3[c-]cc4c(c3)oc3ccccc34)nccc12.[Ir]. The first kappa shape index (κ1) is 32.6. The second-order valence-corrected chi connectivity index (χ2v) is 11.9. The van der Waals surface area contributed by atoms with Crippen molar-refractivity contribution in [2.45, 2.75) is 60.3 Å². The molecule has 0 aliphatic heterocycles. The number of aryl methyl sites for hydroxylation is 1. The average Bonchev–Trinajstić information content (AvgIpc) is 3.57. The van der Waals surface area contributed by atoms with Gasteiger partial charge in [-0.15, -0.1) is 29.0 Å². The minimum Gasteiger partial charge on any atom is -0.512 e. The molecule has 225 valence electrons. The zero-order valence-electron chi connectivity index (χ0n) is 25.4. The molecule has 0 aliphatic rings. The summed E-state index contributed by atoms with van der Waals surface area (Å²) in [6, 6.07) is 24.2. The Morgan fingerprint density at radius 2 is 1.56 bits per heavy atom. The van der Waals surface area contributed by atoms with Gasteiger partial charge in [0.15, 0.2) is 0 Å². The minimum absolute atomic E-state index is 0. The van der Waals surface area contributed by atoms with E-state index in [0.29, 0.717) is 11.5 Å². The maximum Gasteiger partial charge on any atom is 0.322 e. The molecule has 2 N–H and O–H groups in total. The predicted molar refractivity (Wildman–Crippen MR) is 179 cm³/mol. The molecule has 3 heterocycles. The predicted octanol–water partition coefficient (Wildman–Crippen LogP) is 11.0.